The lowest BCUT2D eigenvalue weighted by Gasteiger charge is -2.35. The van der Waals surface area contributed by atoms with Gasteiger partial charge in [-0.25, -0.2) is 9.97 Å². The zero-order valence-electron chi connectivity index (χ0n) is 10.00. The third-order valence-electron chi connectivity index (χ3n) is 3.14. The smallest absolute Gasteiger partial charge is 0.129 e. The van der Waals surface area contributed by atoms with Crippen molar-refractivity contribution >= 4 is 44.7 Å². The Bertz CT molecular complexity index is 671. The molecular weight excluding hydrogens is 348 g/mol. The SMILES string of the molecule is CC1(c2sc(Br)cc2Cl)Cc2ncncc2C(=N)N1. The number of aromatic nitrogens is 2. The molecule has 0 bridgehead atoms. The Balaban J connectivity index is 2.09. The third kappa shape index (κ3) is 2.17. The van der Waals surface area contributed by atoms with E-state index in [9.17, 15) is 0 Å². The average Bonchev–Trinajstić information content (AvgIpc) is 2.69. The van der Waals surface area contributed by atoms with E-state index in [2.05, 4.69) is 31.2 Å². The summed E-state index contributed by atoms with van der Waals surface area (Å²) in [5.74, 6) is 0.338. The summed E-state index contributed by atoms with van der Waals surface area (Å²) < 4.78 is 0.982. The van der Waals surface area contributed by atoms with Crippen molar-refractivity contribution in [2.45, 2.75) is 18.9 Å². The highest BCUT2D eigenvalue weighted by Gasteiger charge is 2.37. The van der Waals surface area contributed by atoms with Crippen LogP contribution in [0.15, 0.2) is 22.4 Å². The second-order valence-electron chi connectivity index (χ2n) is 4.62. The van der Waals surface area contributed by atoms with Gasteiger partial charge in [0.05, 0.1) is 25.6 Å². The average molecular weight is 358 g/mol. The van der Waals surface area contributed by atoms with Crippen molar-refractivity contribution in [2.75, 3.05) is 0 Å². The Morgan fingerprint density at radius 3 is 3.05 bits per heavy atom. The summed E-state index contributed by atoms with van der Waals surface area (Å²) in [5, 5.41) is 12.0. The van der Waals surface area contributed by atoms with E-state index in [1.165, 1.54) is 6.33 Å². The van der Waals surface area contributed by atoms with E-state index in [4.69, 9.17) is 17.0 Å². The lowest BCUT2D eigenvalue weighted by Crippen LogP contribution is -2.49. The van der Waals surface area contributed by atoms with E-state index in [0.29, 0.717) is 17.3 Å². The molecule has 4 nitrogen and oxygen atoms in total. The van der Waals surface area contributed by atoms with Gasteiger partial charge in [-0.3, -0.25) is 5.41 Å². The minimum atomic E-state index is -0.411. The highest BCUT2D eigenvalue weighted by atomic mass is 79.9. The molecule has 0 saturated carbocycles. The Kier molecular flexibility index (Phi) is 3.11. The van der Waals surface area contributed by atoms with Crippen LogP contribution in [0.2, 0.25) is 5.02 Å². The highest BCUT2D eigenvalue weighted by molar-refractivity contribution is 9.11. The van der Waals surface area contributed by atoms with Crippen LogP contribution in [-0.2, 0) is 12.0 Å². The van der Waals surface area contributed by atoms with Crippen LogP contribution in [0.5, 0.6) is 0 Å². The fourth-order valence-electron chi connectivity index (χ4n) is 2.28. The summed E-state index contributed by atoms with van der Waals surface area (Å²) in [6, 6.07) is 1.88. The minimum Gasteiger partial charge on any atom is -0.359 e. The number of thiophene rings is 1. The molecule has 0 saturated heterocycles. The van der Waals surface area contributed by atoms with E-state index in [1.807, 2.05) is 13.0 Å². The van der Waals surface area contributed by atoms with E-state index >= 15 is 0 Å². The van der Waals surface area contributed by atoms with Crippen molar-refractivity contribution in [1.29, 1.82) is 5.41 Å². The Labute approximate surface area is 127 Å². The van der Waals surface area contributed by atoms with Crippen molar-refractivity contribution < 1.29 is 0 Å². The number of halogens is 2. The predicted octanol–water partition coefficient (Wildman–Crippen LogP) is 3.34. The predicted molar refractivity (Wildman–Crippen MR) is 80.1 cm³/mol. The topological polar surface area (TPSA) is 61.7 Å². The first-order valence-electron chi connectivity index (χ1n) is 5.61. The van der Waals surface area contributed by atoms with Gasteiger partial charge >= 0.3 is 0 Å². The van der Waals surface area contributed by atoms with Gasteiger partial charge in [0.1, 0.15) is 12.2 Å². The molecule has 3 heterocycles. The number of rotatable bonds is 1. The number of hydrogen-bond acceptors (Lipinski definition) is 4. The van der Waals surface area contributed by atoms with Crippen LogP contribution in [0.4, 0.5) is 0 Å². The Morgan fingerprint density at radius 1 is 1.58 bits per heavy atom. The fraction of sp³-hybridized carbons (Fsp3) is 0.250. The third-order valence-corrected chi connectivity index (χ3v) is 5.46. The molecule has 2 aromatic rings. The molecule has 1 aliphatic heterocycles. The molecule has 0 aliphatic carbocycles. The summed E-state index contributed by atoms with van der Waals surface area (Å²) in [6.07, 6.45) is 3.87. The number of hydrogen-bond donors (Lipinski definition) is 2. The maximum atomic E-state index is 8.11. The molecule has 0 radical (unpaired) electrons. The highest BCUT2D eigenvalue weighted by Crippen LogP contribution is 2.41. The molecule has 0 amide bonds. The molecule has 1 aliphatic rings. The van der Waals surface area contributed by atoms with Crippen LogP contribution in [0.1, 0.15) is 23.1 Å². The van der Waals surface area contributed by atoms with Crippen molar-refractivity contribution in [3.8, 4) is 0 Å². The molecule has 0 spiro atoms. The van der Waals surface area contributed by atoms with Crippen LogP contribution in [0.3, 0.4) is 0 Å². The molecule has 1 unspecified atom stereocenters. The second-order valence-corrected chi connectivity index (χ2v) is 7.46. The number of nitrogens with one attached hydrogen (secondary N) is 2. The van der Waals surface area contributed by atoms with Gasteiger partial charge in [0.25, 0.3) is 0 Å². The van der Waals surface area contributed by atoms with Crippen molar-refractivity contribution in [3.05, 3.63) is 43.5 Å². The van der Waals surface area contributed by atoms with E-state index in [-0.39, 0.29) is 0 Å². The first-order valence-corrected chi connectivity index (χ1v) is 7.60. The van der Waals surface area contributed by atoms with Gasteiger partial charge in [-0.15, -0.1) is 11.3 Å². The largest absolute Gasteiger partial charge is 0.359 e. The summed E-state index contributed by atoms with van der Waals surface area (Å²) in [6.45, 7) is 2.04. The maximum Gasteiger partial charge on any atom is 0.129 e. The fourth-order valence-corrected chi connectivity index (χ4v) is 4.50. The van der Waals surface area contributed by atoms with Crippen LogP contribution >= 0.6 is 38.9 Å². The van der Waals surface area contributed by atoms with E-state index < -0.39 is 5.54 Å². The summed E-state index contributed by atoms with van der Waals surface area (Å²) >= 11 is 11.3. The quantitative estimate of drug-likeness (QED) is 0.823. The lowest BCUT2D eigenvalue weighted by atomic mass is 9.88. The van der Waals surface area contributed by atoms with E-state index in [0.717, 1.165) is 19.9 Å². The molecule has 0 fully saturated rings. The lowest BCUT2D eigenvalue weighted by molar-refractivity contribution is 0.424. The monoisotopic (exact) mass is 356 g/mol. The molecule has 1 atom stereocenters. The molecule has 2 aromatic heterocycles. The number of fused-ring (bicyclic) bond motifs is 1. The number of amidine groups is 1. The van der Waals surface area contributed by atoms with Crippen LogP contribution in [0, 0.1) is 5.41 Å². The summed E-state index contributed by atoms with van der Waals surface area (Å²) in [4.78, 5) is 9.26. The van der Waals surface area contributed by atoms with Crippen molar-refractivity contribution in [2.24, 2.45) is 0 Å². The molecule has 98 valence electrons. The number of nitrogens with zero attached hydrogens (tertiary/aromatic N) is 2. The first-order chi connectivity index (χ1) is 8.99. The first kappa shape index (κ1) is 13.0. The summed E-state index contributed by atoms with van der Waals surface area (Å²) in [5.41, 5.74) is 1.22. The van der Waals surface area contributed by atoms with Crippen LogP contribution in [-0.4, -0.2) is 15.8 Å². The van der Waals surface area contributed by atoms with Gasteiger partial charge in [0.15, 0.2) is 0 Å². The van der Waals surface area contributed by atoms with Gasteiger partial charge in [-0.1, -0.05) is 11.6 Å². The second kappa shape index (κ2) is 4.54. The molecule has 19 heavy (non-hydrogen) atoms. The van der Waals surface area contributed by atoms with Gasteiger partial charge in [-0.2, -0.15) is 0 Å². The van der Waals surface area contributed by atoms with Gasteiger partial charge < -0.3 is 5.32 Å². The molecule has 7 heteroatoms. The van der Waals surface area contributed by atoms with Crippen molar-refractivity contribution in [1.82, 2.24) is 15.3 Å². The standard InChI is InChI=1S/C12H10BrClN4S/c1-12(10-7(14)2-9(13)19-10)3-8-6(11(15)18-12)4-16-5-17-8/h2,4-5H,3H2,1H3,(H2,15,18). The molecule has 0 aromatic carbocycles. The minimum absolute atomic E-state index is 0.338. The van der Waals surface area contributed by atoms with Gasteiger partial charge in [0.2, 0.25) is 0 Å². The maximum absolute atomic E-state index is 8.11. The zero-order chi connectivity index (χ0) is 13.6. The van der Waals surface area contributed by atoms with Crippen molar-refractivity contribution in [3.63, 3.8) is 0 Å². The van der Waals surface area contributed by atoms with Crippen LogP contribution < -0.4 is 5.32 Å². The molecule has 3 rings (SSSR count). The molecule has 2 N–H and O–H groups in total. The van der Waals surface area contributed by atoms with E-state index in [1.54, 1.807) is 17.5 Å². The normalized spacial score (nSPS) is 21.9. The van der Waals surface area contributed by atoms with Crippen LogP contribution in [0.25, 0.3) is 0 Å². The van der Waals surface area contributed by atoms with Gasteiger partial charge in [0, 0.05) is 17.5 Å². The molecular formula is C12H10BrClN4S. The van der Waals surface area contributed by atoms with Gasteiger partial charge in [-0.05, 0) is 28.9 Å². The summed E-state index contributed by atoms with van der Waals surface area (Å²) in [7, 11) is 0. The Morgan fingerprint density at radius 2 is 2.37 bits per heavy atom. The zero-order valence-corrected chi connectivity index (χ0v) is 13.2. The Hall–Kier alpha value is -0.980.